The number of likely N-dealkylation sites (tertiary alicyclic amines) is 1. The molecule has 1 aromatic carbocycles. The van der Waals surface area contributed by atoms with Crippen molar-refractivity contribution in [3.63, 3.8) is 0 Å². The molecule has 2 amide bonds. The Bertz CT molecular complexity index is 625. The first-order valence-electron chi connectivity index (χ1n) is 7.36. The second kappa shape index (κ2) is 7.46. The molecule has 6 nitrogen and oxygen atoms in total. The van der Waals surface area contributed by atoms with Crippen LogP contribution in [0.5, 0.6) is 0 Å². The number of nitrogens with zero attached hydrogens (tertiary/aromatic N) is 1. The van der Waals surface area contributed by atoms with E-state index in [1.807, 2.05) is 0 Å². The van der Waals surface area contributed by atoms with Crippen molar-refractivity contribution >= 4 is 35.1 Å². The van der Waals surface area contributed by atoms with Crippen LogP contribution in [-0.2, 0) is 9.53 Å². The number of Topliss-reactive ketones (excluding diaryl/α,β-unsaturated/α-hetero) is 1. The highest BCUT2D eigenvalue weighted by molar-refractivity contribution is 6.34. The number of ether oxygens (including phenoxy) is 1. The molecule has 1 fully saturated rings. The lowest BCUT2D eigenvalue weighted by Gasteiger charge is -2.30. The maximum Gasteiger partial charge on any atom is 0.409 e. The Balaban J connectivity index is 1.94. The third-order valence-corrected chi connectivity index (χ3v) is 4.23. The molecule has 1 N–H and O–H groups in total. The van der Waals surface area contributed by atoms with E-state index in [4.69, 9.17) is 11.6 Å². The Hall–Kier alpha value is -2.08. The molecule has 1 aromatic rings. The number of benzene rings is 1. The first-order valence-corrected chi connectivity index (χ1v) is 7.74. The monoisotopic (exact) mass is 338 g/mol. The maximum atomic E-state index is 12.3. The van der Waals surface area contributed by atoms with E-state index in [2.05, 4.69) is 10.1 Å². The predicted octanol–water partition coefficient (Wildman–Crippen LogP) is 2.96. The fraction of sp³-hybridized carbons (Fsp3) is 0.438. The van der Waals surface area contributed by atoms with Gasteiger partial charge in [0.05, 0.1) is 12.1 Å². The number of anilines is 1. The Morgan fingerprint density at radius 2 is 1.91 bits per heavy atom. The van der Waals surface area contributed by atoms with Gasteiger partial charge in [-0.05, 0) is 38.0 Å². The van der Waals surface area contributed by atoms with Gasteiger partial charge in [-0.2, -0.15) is 0 Å². The second-order valence-corrected chi connectivity index (χ2v) is 5.88. The first-order chi connectivity index (χ1) is 10.9. The van der Waals surface area contributed by atoms with Gasteiger partial charge in [0.2, 0.25) is 5.91 Å². The summed E-state index contributed by atoms with van der Waals surface area (Å²) in [5.41, 5.74) is 0.983. The van der Waals surface area contributed by atoms with Crippen molar-refractivity contribution in [1.82, 2.24) is 4.90 Å². The van der Waals surface area contributed by atoms with Gasteiger partial charge in [-0.15, -0.1) is 0 Å². The number of hydrogen-bond donors (Lipinski definition) is 1. The van der Waals surface area contributed by atoms with E-state index in [1.54, 1.807) is 23.1 Å². The summed E-state index contributed by atoms with van der Waals surface area (Å²) in [5, 5.41) is 3.12. The number of carbonyl (C=O) groups is 3. The number of hydrogen-bond acceptors (Lipinski definition) is 4. The molecule has 7 heteroatoms. The lowest BCUT2D eigenvalue weighted by atomic mass is 9.96. The van der Waals surface area contributed by atoms with Crippen LogP contribution in [-0.4, -0.2) is 42.9 Å². The molecule has 124 valence electrons. The van der Waals surface area contributed by atoms with Gasteiger partial charge in [0.15, 0.2) is 5.78 Å². The fourth-order valence-corrected chi connectivity index (χ4v) is 2.89. The van der Waals surface area contributed by atoms with Crippen LogP contribution in [0.3, 0.4) is 0 Å². The normalized spacial score (nSPS) is 15.2. The molecule has 0 aliphatic carbocycles. The number of rotatable bonds is 3. The molecular weight excluding hydrogens is 320 g/mol. The van der Waals surface area contributed by atoms with E-state index < -0.39 is 0 Å². The molecule has 1 aliphatic rings. The predicted molar refractivity (Wildman–Crippen MR) is 86.8 cm³/mol. The van der Waals surface area contributed by atoms with Gasteiger partial charge in [0.1, 0.15) is 0 Å². The van der Waals surface area contributed by atoms with Crippen LogP contribution in [0.15, 0.2) is 18.2 Å². The van der Waals surface area contributed by atoms with Crippen molar-refractivity contribution < 1.29 is 19.1 Å². The number of carbonyl (C=O) groups excluding carboxylic acids is 3. The van der Waals surface area contributed by atoms with E-state index >= 15 is 0 Å². The van der Waals surface area contributed by atoms with Crippen molar-refractivity contribution in [1.29, 1.82) is 0 Å². The molecule has 1 heterocycles. The van der Waals surface area contributed by atoms with Crippen LogP contribution >= 0.6 is 11.6 Å². The summed E-state index contributed by atoms with van der Waals surface area (Å²) < 4.78 is 4.67. The Labute approximate surface area is 139 Å². The number of amides is 2. The maximum absolute atomic E-state index is 12.3. The zero-order chi connectivity index (χ0) is 17.0. The Morgan fingerprint density at radius 1 is 1.26 bits per heavy atom. The molecule has 0 aromatic heterocycles. The largest absolute Gasteiger partial charge is 0.453 e. The summed E-state index contributed by atoms with van der Waals surface area (Å²) in [5.74, 6) is -0.397. The molecular formula is C16H19ClN2O4. The van der Waals surface area contributed by atoms with Gasteiger partial charge in [-0.3, -0.25) is 9.59 Å². The number of ketones is 1. The molecule has 0 atom stereocenters. The minimum absolute atomic E-state index is 0.110. The van der Waals surface area contributed by atoms with Crippen molar-refractivity contribution in [3.8, 4) is 0 Å². The molecule has 23 heavy (non-hydrogen) atoms. The Kier molecular flexibility index (Phi) is 5.60. The van der Waals surface area contributed by atoms with Crippen LogP contribution in [0.25, 0.3) is 0 Å². The highest BCUT2D eigenvalue weighted by atomic mass is 35.5. The van der Waals surface area contributed by atoms with Gasteiger partial charge in [-0.1, -0.05) is 11.6 Å². The summed E-state index contributed by atoms with van der Waals surface area (Å²) in [6.07, 6.45) is 0.802. The topological polar surface area (TPSA) is 75.7 Å². The molecule has 1 aliphatic heterocycles. The van der Waals surface area contributed by atoms with E-state index in [9.17, 15) is 14.4 Å². The molecule has 0 saturated carbocycles. The third kappa shape index (κ3) is 4.22. The zero-order valence-electron chi connectivity index (χ0n) is 13.1. The molecule has 0 unspecified atom stereocenters. The number of piperidine rings is 1. The Morgan fingerprint density at radius 3 is 2.43 bits per heavy atom. The summed E-state index contributed by atoms with van der Waals surface area (Å²) >= 11 is 6.03. The van der Waals surface area contributed by atoms with E-state index in [0.717, 1.165) is 0 Å². The number of nitrogens with one attached hydrogen (secondary N) is 1. The van der Waals surface area contributed by atoms with E-state index in [1.165, 1.54) is 14.0 Å². The highest BCUT2D eigenvalue weighted by Crippen LogP contribution is 2.24. The SMILES string of the molecule is COC(=O)N1CCC(C(=O)Nc2ccc(C(C)=O)c(Cl)c2)CC1. The molecule has 0 radical (unpaired) electrons. The van der Waals surface area contributed by atoms with Gasteiger partial charge in [-0.25, -0.2) is 4.79 Å². The molecule has 1 saturated heterocycles. The fourth-order valence-electron chi connectivity index (χ4n) is 2.58. The van der Waals surface area contributed by atoms with Crippen LogP contribution < -0.4 is 5.32 Å². The van der Waals surface area contributed by atoms with Gasteiger partial charge in [0.25, 0.3) is 0 Å². The summed E-state index contributed by atoms with van der Waals surface area (Å²) in [7, 11) is 1.34. The molecule has 0 bridgehead atoms. The summed E-state index contributed by atoms with van der Waals surface area (Å²) in [6, 6.07) is 4.82. The molecule has 2 rings (SSSR count). The summed E-state index contributed by atoms with van der Waals surface area (Å²) in [6.45, 7) is 2.43. The van der Waals surface area contributed by atoms with Crippen molar-refractivity contribution in [3.05, 3.63) is 28.8 Å². The third-order valence-electron chi connectivity index (χ3n) is 3.91. The van der Waals surface area contributed by atoms with Crippen LogP contribution in [0.1, 0.15) is 30.1 Å². The summed E-state index contributed by atoms with van der Waals surface area (Å²) in [4.78, 5) is 36.6. The smallest absolute Gasteiger partial charge is 0.409 e. The quantitative estimate of drug-likeness (QED) is 0.860. The van der Waals surface area contributed by atoms with Crippen LogP contribution in [0.4, 0.5) is 10.5 Å². The van der Waals surface area contributed by atoms with Crippen molar-refractivity contribution in [2.24, 2.45) is 5.92 Å². The van der Waals surface area contributed by atoms with Gasteiger partial charge < -0.3 is 15.0 Å². The van der Waals surface area contributed by atoms with Crippen molar-refractivity contribution in [2.45, 2.75) is 19.8 Å². The average Bonchev–Trinajstić information content (AvgIpc) is 2.54. The minimum atomic E-state index is -0.365. The highest BCUT2D eigenvalue weighted by Gasteiger charge is 2.27. The average molecular weight is 339 g/mol. The van der Waals surface area contributed by atoms with Crippen molar-refractivity contribution in [2.75, 3.05) is 25.5 Å². The molecule has 0 spiro atoms. The van der Waals surface area contributed by atoms with Gasteiger partial charge in [0, 0.05) is 30.3 Å². The second-order valence-electron chi connectivity index (χ2n) is 5.47. The number of methoxy groups -OCH3 is 1. The zero-order valence-corrected chi connectivity index (χ0v) is 13.9. The standard InChI is InChI=1S/C16H19ClN2O4/c1-10(20)13-4-3-12(9-14(13)17)18-15(21)11-5-7-19(8-6-11)16(22)23-2/h3-4,9,11H,5-8H2,1-2H3,(H,18,21). The van der Waals surface area contributed by atoms with Gasteiger partial charge >= 0.3 is 6.09 Å². The number of halogens is 1. The minimum Gasteiger partial charge on any atom is -0.453 e. The van der Waals surface area contributed by atoms with Crippen LogP contribution in [0.2, 0.25) is 5.02 Å². The first kappa shape index (κ1) is 17.3. The van der Waals surface area contributed by atoms with E-state index in [0.29, 0.717) is 42.2 Å². The van der Waals surface area contributed by atoms with Crippen LogP contribution in [0, 0.1) is 5.92 Å². The lowest BCUT2D eigenvalue weighted by molar-refractivity contribution is -0.121. The lowest BCUT2D eigenvalue weighted by Crippen LogP contribution is -2.41. The van der Waals surface area contributed by atoms with E-state index in [-0.39, 0.29) is 23.7 Å².